The highest BCUT2D eigenvalue weighted by atomic mass is 16.3. The van der Waals surface area contributed by atoms with Crippen molar-refractivity contribution in [2.24, 2.45) is 11.7 Å². The van der Waals surface area contributed by atoms with E-state index in [0.717, 1.165) is 25.1 Å². The Balaban J connectivity index is 2.13. The van der Waals surface area contributed by atoms with E-state index in [1.165, 1.54) is 6.42 Å². The fraction of sp³-hybridized carbons (Fsp3) is 0.600. The van der Waals surface area contributed by atoms with Gasteiger partial charge in [-0.25, -0.2) is 0 Å². The van der Waals surface area contributed by atoms with Gasteiger partial charge in [0.25, 0.3) is 0 Å². The molecule has 1 saturated heterocycles. The Bertz CT molecular complexity index is 392. The lowest BCUT2D eigenvalue weighted by Crippen LogP contribution is -2.31. The second kappa shape index (κ2) is 5.72. The highest BCUT2D eigenvalue weighted by Crippen LogP contribution is 2.34. The topological polar surface area (TPSA) is 49.5 Å². The monoisotopic (exact) mass is 248 g/mol. The van der Waals surface area contributed by atoms with E-state index in [1.807, 2.05) is 18.2 Å². The smallest absolute Gasteiger partial charge is 0.120 e. The predicted molar refractivity (Wildman–Crippen MR) is 74.5 cm³/mol. The standard InChI is InChI=1S/C15H24N2O/c1-3-14(13-6-4-5-7-15(13)18)17-9-8-12(10-17)11(2)16/h4-7,11-12,14,18H,3,8-10,16H2,1-2H3. The van der Waals surface area contributed by atoms with Gasteiger partial charge in [-0.2, -0.15) is 0 Å². The molecule has 0 saturated carbocycles. The lowest BCUT2D eigenvalue weighted by molar-refractivity contribution is 0.222. The minimum Gasteiger partial charge on any atom is -0.508 e. The molecule has 1 heterocycles. The zero-order valence-corrected chi connectivity index (χ0v) is 11.3. The highest BCUT2D eigenvalue weighted by molar-refractivity contribution is 5.34. The molecule has 1 fully saturated rings. The van der Waals surface area contributed by atoms with Gasteiger partial charge in [0.15, 0.2) is 0 Å². The molecule has 0 amide bonds. The molecular formula is C15H24N2O. The van der Waals surface area contributed by atoms with E-state index in [9.17, 15) is 5.11 Å². The number of likely N-dealkylation sites (tertiary alicyclic amines) is 1. The zero-order chi connectivity index (χ0) is 13.1. The van der Waals surface area contributed by atoms with Gasteiger partial charge in [0.05, 0.1) is 0 Å². The van der Waals surface area contributed by atoms with Gasteiger partial charge >= 0.3 is 0 Å². The number of benzene rings is 1. The summed E-state index contributed by atoms with van der Waals surface area (Å²) in [7, 11) is 0. The Kier molecular flexibility index (Phi) is 4.25. The molecule has 0 radical (unpaired) electrons. The number of nitrogens with two attached hydrogens (primary N) is 1. The fourth-order valence-corrected chi connectivity index (χ4v) is 2.97. The van der Waals surface area contributed by atoms with E-state index in [-0.39, 0.29) is 6.04 Å². The van der Waals surface area contributed by atoms with Gasteiger partial charge in [0.1, 0.15) is 5.75 Å². The van der Waals surface area contributed by atoms with Crippen molar-refractivity contribution in [2.75, 3.05) is 13.1 Å². The minimum atomic E-state index is 0.261. The second-order valence-corrected chi connectivity index (χ2v) is 5.39. The van der Waals surface area contributed by atoms with Crippen LogP contribution in [0, 0.1) is 5.92 Å². The summed E-state index contributed by atoms with van der Waals surface area (Å²) in [6.07, 6.45) is 2.19. The van der Waals surface area contributed by atoms with Gasteiger partial charge in [-0.1, -0.05) is 25.1 Å². The van der Waals surface area contributed by atoms with Crippen LogP contribution in [0.5, 0.6) is 5.75 Å². The Morgan fingerprint density at radius 3 is 2.72 bits per heavy atom. The number of aromatic hydroxyl groups is 1. The molecule has 0 aliphatic carbocycles. The first kappa shape index (κ1) is 13.4. The van der Waals surface area contributed by atoms with Crippen LogP contribution in [0.25, 0.3) is 0 Å². The van der Waals surface area contributed by atoms with Crippen LogP contribution in [0.2, 0.25) is 0 Å². The van der Waals surface area contributed by atoms with Crippen LogP contribution >= 0.6 is 0 Å². The summed E-state index contributed by atoms with van der Waals surface area (Å²) in [5.74, 6) is 0.999. The molecule has 3 atom stereocenters. The second-order valence-electron chi connectivity index (χ2n) is 5.39. The largest absolute Gasteiger partial charge is 0.508 e. The number of hydrogen-bond donors (Lipinski definition) is 2. The van der Waals surface area contributed by atoms with Gasteiger partial charge in [0, 0.05) is 24.2 Å². The van der Waals surface area contributed by atoms with Crippen LogP contribution < -0.4 is 5.73 Å². The van der Waals surface area contributed by atoms with Gasteiger partial charge in [-0.15, -0.1) is 0 Å². The molecule has 18 heavy (non-hydrogen) atoms. The van der Waals surface area contributed by atoms with E-state index in [0.29, 0.717) is 17.7 Å². The Morgan fingerprint density at radius 2 is 2.17 bits per heavy atom. The molecule has 1 aliphatic rings. The van der Waals surface area contributed by atoms with Crippen molar-refractivity contribution < 1.29 is 5.11 Å². The number of hydrogen-bond acceptors (Lipinski definition) is 3. The van der Waals surface area contributed by atoms with E-state index < -0.39 is 0 Å². The summed E-state index contributed by atoms with van der Waals surface area (Å²) in [5, 5.41) is 10.00. The number of rotatable bonds is 4. The van der Waals surface area contributed by atoms with Crippen molar-refractivity contribution in [2.45, 2.75) is 38.8 Å². The molecule has 0 spiro atoms. The molecule has 0 bridgehead atoms. The molecule has 3 nitrogen and oxygen atoms in total. The van der Waals surface area contributed by atoms with Crippen LogP contribution in [0.15, 0.2) is 24.3 Å². The van der Waals surface area contributed by atoms with Crippen LogP contribution in [-0.2, 0) is 0 Å². The molecule has 1 aromatic carbocycles. The first-order valence-corrected chi connectivity index (χ1v) is 6.91. The first-order valence-electron chi connectivity index (χ1n) is 6.91. The van der Waals surface area contributed by atoms with Crippen LogP contribution in [-0.4, -0.2) is 29.1 Å². The number of nitrogens with zero attached hydrogens (tertiary/aromatic N) is 1. The molecule has 100 valence electrons. The summed E-state index contributed by atoms with van der Waals surface area (Å²) >= 11 is 0. The van der Waals surface area contributed by atoms with Crippen molar-refractivity contribution in [1.82, 2.24) is 4.90 Å². The van der Waals surface area contributed by atoms with E-state index in [4.69, 9.17) is 5.73 Å². The molecule has 3 heteroatoms. The summed E-state index contributed by atoms with van der Waals surface area (Å²) in [5.41, 5.74) is 7.04. The first-order chi connectivity index (χ1) is 8.63. The highest BCUT2D eigenvalue weighted by Gasteiger charge is 2.30. The third kappa shape index (κ3) is 2.68. The van der Waals surface area contributed by atoms with Gasteiger partial charge < -0.3 is 10.8 Å². The number of phenols is 1. The molecule has 1 aliphatic heterocycles. The minimum absolute atomic E-state index is 0.261. The summed E-state index contributed by atoms with van der Waals surface area (Å²) in [6, 6.07) is 8.25. The van der Waals surface area contributed by atoms with Crippen LogP contribution in [0.4, 0.5) is 0 Å². The molecule has 3 N–H and O–H groups in total. The Morgan fingerprint density at radius 1 is 1.44 bits per heavy atom. The normalized spacial score (nSPS) is 24.1. The SMILES string of the molecule is CCC(c1ccccc1O)N1CCC(C(C)N)C1. The van der Waals surface area contributed by atoms with E-state index in [2.05, 4.69) is 18.7 Å². The number of phenolic OH excluding ortho intramolecular Hbond substituents is 1. The molecular weight excluding hydrogens is 224 g/mol. The van der Waals surface area contributed by atoms with Gasteiger partial charge in [-0.3, -0.25) is 4.90 Å². The van der Waals surface area contributed by atoms with Gasteiger partial charge in [-0.05, 0) is 38.3 Å². The molecule has 0 aromatic heterocycles. The Labute approximate surface area is 110 Å². The molecule has 2 rings (SSSR count). The maximum atomic E-state index is 10.00. The third-order valence-electron chi connectivity index (χ3n) is 4.12. The van der Waals surface area contributed by atoms with E-state index >= 15 is 0 Å². The third-order valence-corrected chi connectivity index (χ3v) is 4.12. The number of para-hydroxylation sites is 1. The maximum Gasteiger partial charge on any atom is 0.120 e. The van der Waals surface area contributed by atoms with Crippen molar-refractivity contribution in [1.29, 1.82) is 0 Å². The zero-order valence-electron chi connectivity index (χ0n) is 11.3. The summed E-state index contributed by atoms with van der Waals surface area (Å²) in [4.78, 5) is 2.46. The van der Waals surface area contributed by atoms with Crippen LogP contribution in [0.3, 0.4) is 0 Å². The van der Waals surface area contributed by atoms with Gasteiger partial charge in [0.2, 0.25) is 0 Å². The van der Waals surface area contributed by atoms with Crippen molar-refractivity contribution in [3.63, 3.8) is 0 Å². The average Bonchev–Trinajstić information content (AvgIpc) is 2.82. The molecule has 1 aromatic rings. The molecule has 3 unspecified atom stereocenters. The predicted octanol–water partition coefficient (Wildman–Crippen LogP) is 2.51. The average molecular weight is 248 g/mol. The van der Waals surface area contributed by atoms with E-state index in [1.54, 1.807) is 6.07 Å². The summed E-state index contributed by atoms with van der Waals surface area (Å²) in [6.45, 7) is 6.40. The quantitative estimate of drug-likeness (QED) is 0.860. The van der Waals surface area contributed by atoms with Crippen LogP contribution in [0.1, 0.15) is 38.3 Å². The van der Waals surface area contributed by atoms with Crippen molar-refractivity contribution in [3.05, 3.63) is 29.8 Å². The fourth-order valence-electron chi connectivity index (χ4n) is 2.97. The van der Waals surface area contributed by atoms with Crippen molar-refractivity contribution >= 4 is 0 Å². The van der Waals surface area contributed by atoms with Crippen molar-refractivity contribution in [3.8, 4) is 5.75 Å². The lowest BCUT2D eigenvalue weighted by Gasteiger charge is -2.28. The lowest BCUT2D eigenvalue weighted by atomic mass is 10.0. The maximum absolute atomic E-state index is 10.00. The summed E-state index contributed by atoms with van der Waals surface area (Å²) < 4.78 is 0. The Hall–Kier alpha value is -1.06.